The lowest BCUT2D eigenvalue weighted by Gasteiger charge is -2.29. The number of amides is 1. The van der Waals surface area contributed by atoms with Gasteiger partial charge in [0.15, 0.2) is 5.11 Å². The van der Waals surface area contributed by atoms with Gasteiger partial charge in [-0.05, 0) is 79.8 Å². The van der Waals surface area contributed by atoms with Gasteiger partial charge in [0.25, 0.3) is 0 Å². The highest BCUT2D eigenvalue weighted by Crippen LogP contribution is 2.44. The van der Waals surface area contributed by atoms with Gasteiger partial charge in [-0.15, -0.1) is 0 Å². The zero-order valence-corrected chi connectivity index (χ0v) is 24.7. The summed E-state index contributed by atoms with van der Waals surface area (Å²) in [5.74, 6) is 1.28. The van der Waals surface area contributed by atoms with Gasteiger partial charge in [0.2, 0.25) is 5.91 Å². The lowest BCUT2D eigenvalue weighted by Crippen LogP contribution is -2.30. The Labute approximate surface area is 246 Å². The van der Waals surface area contributed by atoms with E-state index in [1.165, 1.54) is 0 Å². The number of aromatic nitrogens is 2. The van der Waals surface area contributed by atoms with Crippen LogP contribution in [0.1, 0.15) is 51.2 Å². The number of hydrogen-bond acceptors (Lipinski definition) is 5. The molecule has 2 aromatic carbocycles. The average Bonchev–Trinajstić information content (AvgIpc) is 3.58. The highest BCUT2D eigenvalue weighted by Gasteiger charge is 2.42. The van der Waals surface area contributed by atoms with Crippen molar-refractivity contribution in [3.05, 3.63) is 96.6 Å². The van der Waals surface area contributed by atoms with Crippen molar-refractivity contribution in [1.29, 1.82) is 0 Å². The summed E-state index contributed by atoms with van der Waals surface area (Å²) in [7, 11) is 1.59. The van der Waals surface area contributed by atoms with Crippen molar-refractivity contribution < 1.29 is 14.3 Å². The predicted octanol–water partition coefficient (Wildman–Crippen LogP) is 6.44. The standard InChI is InChI=1S/C32H35N5O3S/c1-6-40-23-15-12-21(13-16-23)36-19-9-11-26(36)29-28(25-10-7-8-18-33-25)35-31(41)37(29)22-14-17-24(27(20-22)39-5)34-30(38)32(2,3)4/h7-20,28-29H,6H2,1-5H3,(H,34,38)(H,35,41)/t28-,29+/m1/s1. The zero-order chi connectivity index (χ0) is 29.1. The van der Waals surface area contributed by atoms with E-state index in [0.29, 0.717) is 23.2 Å². The molecule has 0 unspecified atom stereocenters. The summed E-state index contributed by atoms with van der Waals surface area (Å²) >= 11 is 5.94. The molecule has 1 aliphatic heterocycles. The molecule has 5 rings (SSSR count). The number of anilines is 2. The van der Waals surface area contributed by atoms with Crippen molar-refractivity contribution in [2.24, 2.45) is 5.41 Å². The van der Waals surface area contributed by atoms with E-state index in [-0.39, 0.29) is 18.0 Å². The number of ether oxygens (including phenoxy) is 2. The summed E-state index contributed by atoms with van der Waals surface area (Å²) in [5.41, 5.74) is 3.80. The first-order chi connectivity index (χ1) is 19.7. The third kappa shape index (κ3) is 5.76. The van der Waals surface area contributed by atoms with Crippen LogP contribution in [-0.2, 0) is 4.79 Å². The molecule has 0 radical (unpaired) electrons. The second-order valence-corrected chi connectivity index (χ2v) is 11.2. The van der Waals surface area contributed by atoms with Crippen LogP contribution in [0.4, 0.5) is 11.4 Å². The van der Waals surface area contributed by atoms with Gasteiger partial charge in [-0.25, -0.2) is 0 Å². The lowest BCUT2D eigenvalue weighted by atomic mass is 9.95. The molecule has 9 heteroatoms. The van der Waals surface area contributed by atoms with Gasteiger partial charge >= 0.3 is 0 Å². The number of rotatable bonds is 8. The molecule has 1 amide bonds. The van der Waals surface area contributed by atoms with Gasteiger partial charge in [0.1, 0.15) is 17.5 Å². The van der Waals surface area contributed by atoms with Crippen LogP contribution in [-0.4, -0.2) is 34.3 Å². The van der Waals surface area contributed by atoms with Crippen molar-refractivity contribution in [1.82, 2.24) is 14.9 Å². The van der Waals surface area contributed by atoms with Crippen LogP contribution in [0, 0.1) is 5.41 Å². The Morgan fingerprint density at radius 2 is 1.80 bits per heavy atom. The largest absolute Gasteiger partial charge is 0.494 e. The molecular weight excluding hydrogens is 534 g/mol. The molecule has 0 saturated carbocycles. The van der Waals surface area contributed by atoms with Crippen molar-refractivity contribution in [3.63, 3.8) is 0 Å². The number of methoxy groups -OCH3 is 1. The fourth-order valence-electron chi connectivity index (χ4n) is 4.92. The van der Waals surface area contributed by atoms with Crippen LogP contribution >= 0.6 is 12.2 Å². The first kappa shape index (κ1) is 28.2. The third-order valence-electron chi connectivity index (χ3n) is 7.00. The smallest absolute Gasteiger partial charge is 0.229 e. The maximum Gasteiger partial charge on any atom is 0.229 e. The molecule has 3 heterocycles. The normalized spacial score (nSPS) is 16.8. The van der Waals surface area contributed by atoms with E-state index in [0.717, 1.165) is 28.5 Å². The molecule has 2 N–H and O–H groups in total. The molecular formula is C32H35N5O3S. The van der Waals surface area contributed by atoms with Crippen LogP contribution < -0.4 is 25.0 Å². The minimum Gasteiger partial charge on any atom is -0.494 e. The molecule has 0 aliphatic carbocycles. The summed E-state index contributed by atoms with van der Waals surface area (Å²) in [4.78, 5) is 19.5. The van der Waals surface area contributed by atoms with E-state index in [2.05, 4.69) is 31.2 Å². The number of thiocarbonyl (C=S) groups is 1. The Morgan fingerprint density at radius 3 is 2.46 bits per heavy atom. The number of benzene rings is 2. The average molecular weight is 570 g/mol. The van der Waals surface area contributed by atoms with Crippen LogP contribution in [0.2, 0.25) is 0 Å². The Balaban J connectivity index is 1.58. The van der Waals surface area contributed by atoms with Crippen LogP contribution in [0.3, 0.4) is 0 Å². The lowest BCUT2D eigenvalue weighted by molar-refractivity contribution is -0.123. The van der Waals surface area contributed by atoms with Gasteiger partial charge < -0.3 is 29.6 Å². The Hall–Kier alpha value is -4.37. The van der Waals surface area contributed by atoms with Crippen LogP contribution in [0.15, 0.2) is 85.2 Å². The molecule has 41 heavy (non-hydrogen) atoms. The summed E-state index contributed by atoms with van der Waals surface area (Å²) in [5, 5.41) is 7.08. The minimum absolute atomic E-state index is 0.0943. The first-order valence-electron chi connectivity index (χ1n) is 13.6. The van der Waals surface area contributed by atoms with Crippen LogP contribution in [0.25, 0.3) is 5.69 Å². The molecule has 1 saturated heterocycles. The number of pyridine rings is 1. The molecule has 0 spiro atoms. The van der Waals surface area contributed by atoms with E-state index >= 15 is 0 Å². The third-order valence-corrected chi connectivity index (χ3v) is 7.31. The summed E-state index contributed by atoms with van der Waals surface area (Å²) in [6.07, 6.45) is 3.84. The van der Waals surface area contributed by atoms with Gasteiger partial charge in [-0.1, -0.05) is 26.8 Å². The molecule has 2 atom stereocenters. The monoisotopic (exact) mass is 569 g/mol. The summed E-state index contributed by atoms with van der Waals surface area (Å²) in [6.45, 7) is 8.21. The number of hydrogen-bond donors (Lipinski definition) is 2. The summed E-state index contributed by atoms with van der Waals surface area (Å²) in [6, 6.07) is 23.3. The van der Waals surface area contributed by atoms with Crippen LogP contribution in [0.5, 0.6) is 11.5 Å². The van der Waals surface area contributed by atoms with E-state index < -0.39 is 5.41 Å². The van der Waals surface area contributed by atoms with Gasteiger partial charge in [-0.2, -0.15) is 0 Å². The van der Waals surface area contributed by atoms with E-state index in [1.807, 2.05) is 101 Å². The molecule has 1 fully saturated rings. The Bertz CT molecular complexity index is 1530. The Kier molecular flexibility index (Phi) is 7.99. The fraction of sp³-hybridized carbons (Fsp3) is 0.281. The SMILES string of the molecule is CCOc1ccc(-n2cccc2[C@H]2[C@@H](c3ccccn3)NC(=S)N2c2ccc(NC(=O)C(C)(C)C)c(OC)c2)cc1. The second-order valence-electron chi connectivity index (χ2n) is 10.8. The molecule has 0 bridgehead atoms. The maximum atomic E-state index is 12.7. The fourth-order valence-corrected chi connectivity index (χ4v) is 5.26. The van der Waals surface area contributed by atoms with E-state index in [9.17, 15) is 4.79 Å². The number of nitrogens with zero attached hydrogens (tertiary/aromatic N) is 3. The molecule has 212 valence electrons. The van der Waals surface area contributed by atoms with Crippen molar-refractivity contribution in [3.8, 4) is 17.2 Å². The maximum absolute atomic E-state index is 12.7. The van der Waals surface area contributed by atoms with Gasteiger partial charge in [0, 0.05) is 40.9 Å². The van der Waals surface area contributed by atoms with E-state index in [4.69, 9.17) is 21.7 Å². The molecule has 4 aromatic rings. The van der Waals surface area contributed by atoms with Crippen molar-refractivity contribution >= 4 is 34.6 Å². The number of carbonyl (C=O) groups is 1. The van der Waals surface area contributed by atoms with Gasteiger partial charge in [-0.3, -0.25) is 9.78 Å². The molecule has 1 aliphatic rings. The molecule has 2 aromatic heterocycles. The molecule has 8 nitrogen and oxygen atoms in total. The highest BCUT2D eigenvalue weighted by molar-refractivity contribution is 7.80. The first-order valence-corrected chi connectivity index (χ1v) is 14.0. The highest BCUT2D eigenvalue weighted by atomic mass is 32.1. The van der Waals surface area contributed by atoms with Crippen molar-refractivity contribution in [2.45, 2.75) is 39.8 Å². The van der Waals surface area contributed by atoms with Gasteiger partial charge in [0.05, 0.1) is 31.1 Å². The predicted molar refractivity (Wildman–Crippen MR) is 166 cm³/mol. The zero-order valence-electron chi connectivity index (χ0n) is 23.9. The number of nitrogens with one attached hydrogen (secondary N) is 2. The second kappa shape index (κ2) is 11.6. The quantitative estimate of drug-likeness (QED) is 0.236. The topological polar surface area (TPSA) is 80.7 Å². The number of carbonyl (C=O) groups excluding carboxylic acids is 1. The van der Waals surface area contributed by atoms with E-state index in [1.54, 1.807) is 13.3 Å². The van der Waals surface area contributed by atoms with Crippen molar-refractivity contribution in [2.75, 3.05) is 23.9 Å². The Morgan fingerprint density at radius 1 is 1.05 bits per heavy atom. The summed E-state index contributed by atoms with van der Waals surface area (Å²) < 4.78 is 13.5. The minimum atomic E-state index is -0.544.